The van der Waals surface area contributed by atoms with Crippen molar-refractivity contribution in [2.75, 3.05) is 0 Å². The Morgan fingerprint density at radius 2 is 0.769 bits per heavy atom. The molecule has 3 rings (SSSR count). The minimum absolute atomic E-state index is 0.0683. The highest BCUT2D eigenvalue weighted by Gasteiger charge is 2.36. The van der Waals surface area contributed by atoms with Crippen molar-refractivity contribution in [2.24, 2.45) is 0 Å². The lowest BCUT2D eigenvalue weighted by atomic mass is 10.1. The zero-order chi connectivity index (χ0) is 18.8. The van der Waals surface area contributed by atoms with Crippen molar-refractivity contribution in [3.05, 3.63) is 30.7 Å². The first kappa shape index (κ1) is 17.8. The maximum atomic E-state index is 9.64. The number of allylic oxidation sites excluding steroid dienone is 2. The van der Waals surface area contributed by atoms with Crippen molar-refractivity contribution >= 4 is 47.0 Å². The van der Waals surface area contributed by atoms with Crippen LogP contribution >= 0.6 is 47.0 Å². The molecule has 0 aliphatic carbocycles. The van der Waals surface area contributed by atoms with Gasteiger partial charge in [0.05, 0.1) is 19.6 Å². The van der Waals surface area contributed by atoms with Gasteiger partial charge in [-0.3, -0.25) is 0 Å². The topological polar surface area (TPSA) is 143 Å². The molecule has 1 aromatic carbocycles. The molecule has 0 spiro atoms. The highest BCUT2D eigenvalue weighted by atomic mass is 32.2. The first-order valence-electron chi connectivity index (χ1n) is 6.47. The van der Waals surface area contributed by atoms with Crippen molar-refractivity contribution in [3.8, 4) is 36.4 Å². The van der Waals surface area contributed by atoms with Gasteiger partial charge >= 0.3 is 0 Å². The Balaban J connectivity index is 2.28. The summed E-state index contributed by atoms with van der Waals surface area (Å²) in [6.07, 6.45) is 0. The van der Waals surface area contributed by atoms with Crippen molar-refractivity contribution in [2.45, 2.75) is 19.6 Å². The summed E-state index contributed by atoms with van der Waals surface area (Å²) in [4.78, 5) is 2.09. The van der Waals surface area contributed by atoms with Gasteiger partial charge in [-0.1, -0.05) is 47.0 Å². The molecule has 2 aliphatic heterocycles. The number of thioether (sulfide) groups is 4. The van der Waals surface area contributed by atoms with E-state index in [1.54, 1.807) is 0 Å². The fourth-order valence-electron chi connectivity index (χ4n) is 2.10. The van der Waals surface area contributed by atoms with Gasteiger partial charge in [-0.05, 0) is 0 Å². The lowest BCUT2D eigenvalue weighted by molar-refractivity contribution is 1.05. The molecule has 0 N–H and O–H groups in total. The molecule has 6 nitrogen and oxygen atoms in total. The molecule has 0 saturated carbocycles. The van der Waals surface area contributed by atoms with Gasteiger partial charge in [0.15, 0.2) is 0 Å². The number of rotatable bonds is 0. The van der Waals surface area contributed by atoms with Crippen LogP contribution in [0.5, 0.6) is 0 Å². The summed E-state index contributed by atoms with van der Waals surface area (Å²) in [5, 5.41) is 55.6. The van der Waals surface area contributed by atoms with E-state index in [-0.39, 0.29) is 11.1 Å². The number of benzene rings is 1. The number of fused-ring (bicyclic) bond motifs is 2. The summed E-state index contributed by atoms with van der Waals surface area (Å²) in [6, 6.07) is 11.5. The number of hydrogen-bond donors (Lipinski definition) is 0. The summed E-state index contributed by atoms with van der Waals surface area (Å²) < 4.78 is 0.865. The zero-order valence-electron chi connectivity index (χ0n) is 12.3. The van der Waals surface area contributed by atoms with E-state index >= 15 is 0 Å². The highest BCUT2D eigenvalue weighted by molar-refractivity contribution is 8.25. The van der Waals surface area contributed by atoms with Crippen LogP contribution in [0.2, 0.25) is 0 Å². The van der Waals surface area contributed by atoms with Crippen LogP contribution in [0.15, 0.2) is 39.2 Å². The van der Waals surface area contributed by atoms with Gasteiger partial charge in [-0.2, -0.15) is 31.6 Å². The van der Waals surface area contributed by atoms with E-state index in [2.05, 4.69) is 12.1 Å². The molecule has 1 aromatic rings. The molecule has 26 heavy (non-hydrogen) atoms. The van der Waals surface area contributed by atoms with E-state index in [9.17, 15) is 10.5 Å². The van der Waals surface area contributed by atoms with Gasteiger partial charge in [0, 0.05) is 19.6 Å². The van der Waals surface area contributed by atoms with Crippen molar-refractivity contribution in [3.63, 3.8) is 0 Å². The van der Waals surface area contributed by atoms with Crippen molar-refractivity contribution in [1.29, 1.82) is 31.6 Å². The molecule has 0 bridgehead atoms. The van der Waals surface area contributed by atoms with Gasteiger partial charge in [-0.25, -0.2) is 0 Å². The summed E-state index contributed by atoms with van der Waals surface area (Å²) in [7, 11) is 0. The average Bonchev–Trinajstić information content (AvgIpc) is 3.26. The first-order valence-corrected chi connectivity index (χ1v) is 9.74. The highest BCUT2D eigenvalue weighted by Crippen LogP contribution is 2.63. The van der Waals surface area contributed by atoms with E-state index in [1.807, 2.05) is 24.3 Å². The molecule has 2 aliphatic rings. The summed E-state index contributed by atoms with van der Waals surface area (Å²) in [5.41, 5.74) is 0.501. The molecular formula is C16N6S4. The zero-order valence-corrected chi connectivity index (χ0v) is 15.6. The van der Waals surface area contributed by atoms with E-state index < -0.39 is 0 Å². The quantitative estimate of drug-likeness (QED) is 0.572. The fraction of sp³-hybridized carbons (Fsp3) is 0. The van der Waals surface area contributed by atoms with Crippen LogP contribution in [0.3, 0.4) is 0 Å². The Bertz CT molecular complexity index is 1030. The molecule has 0 amide bonds. The van der Waals surface area contributed by atoms with Gasteiger partial charge < -0.3 is 0 Å². The molecular weight excluding hydrogens is 404 g/mol. The van der Waals surface area contributed by atoms with E-state index in [1.165, 1.54) is 0 Å². The minimum Gasteiger partial charge on any atom is -0.192 e. The molecule has 0 fully saturated rings. The standard InChI is InChI=1S/C16N6S4/c17-1-7(2-18)15-23-11-9(5-21)13-14(10(6-22)12(11)24-15)26-16(25-13)8(3-19)4-20. The molecule has 0 saturated heterocycles. The smallest absolute Gasteiger partial charge is 0.150 e. The van der Waals surface area contributed by atoms with Crippen LogP contribution in [0.25, 0.3) is 0 Å². The Morgan fingerprint density at radius 1 is 0.500 bits per heavy atom. The second kappa shape index (κ2) is 7.11. The lowest BCUT2D eigenvalue weighted by Crippen LogP contribution is -1.92. The molecule has 10 heteroatoms. The van der Waals surface area contributed by atoms with E-state index in [0.29, 0.717) is 39.2 Å². The predicted molar refractivity (Wildman–Crippen MR) is 95.8 cm³/mol. The Labute approximate surface area is 165 Å². The van der Waals surface area contributed by atoms with E-state index in [4.69, 9.17) is 21.0 Å². The third kappa shape index (κ3) is 2.60. The third-order valence-corrected chi connectivity index (χ3v) is 8.44. The Hall–Kier alpha value is -2.96. The number of nitrogens with zero attached hydrogens (tertiary/aromatic N) is 6. The summed E-state index contributed by atoms with van der Waals surface area (Å²) in [6.45, 7) is 0. The van der Waals surface area contributed by atoms with Gasteiger partial charge in [0.25, 0.3) is 0 Å². The largest absolute Gasteiger partial charge is 0.192 e. The molecule has 0 atom stereocenters. The van der Waals surface area contributed by atoms with Gasteiger partial charge in [0.2, 0.25) is 0 Å². The SMILES string of the molecule is N#CC(C#N)=C1Sc2c(C#N)c3c(c(C#N)c2S1)SC(=C(C#N)C#N)S3. The van der Waals surface area contributed by atoms with E-state index in [0.717, 1.165) is 47.0 Å². The number of hydrogen-bond acceptors (Lipinski definition) is 10. The van der Waals surface area contributed by atoms with Crippen LogP contribution < -0.4 is 0 Å². The van der Waals surface area contributed by atoms with Crippen molar-refractivity contribution in [1.82, 2.24) is 0 Å². The average molecular weight is 404 g/mol. The summed E-state index contributed by atoms with van der Waals surface area (Å²) >= 11 is 4.47. The van der Waals surface area contributed by atoms with Crippen molar-refractivity contribution < 1.29 is 0 Å². The molecule has 2 heterocycles. The summed E-state index contributed by atoms with van der Waals surface area (Å²) in [5.74, 6) is 0. The van der Waals surface area contributed by atoms with Crippen LogP contribution in [0.1, 0.15) is 11.1 Å². The Morgan fingerprint density at radius 3 is 0.962 bits per heavy atom. The van der Waals surface area contributed by atoms with Gasteiger partial charge in [-0.15, -0.1) is 0 Å². The molecule has 0 unspecified atom stereocenters. The fourth-order valence-corrected chi connectivity index (χ4v) is 7.36. The van der Waals surface area contributed by atoms with Crippen LogP contribution in [-0.4, -0.2) is 0 Å². The first-order chi connectivity index (χ1) is 12.6. The Kier molecular flexibility index (Phi) is 4.88. The maximum Gasteiger partial charge on any atom is 0.150 e. The van der Waals surface area contributed by atoms with Gasteiger partial charge in [0.1, 0.15) is 47.6 Å². The molecule has 0 radical (unpaired) electrons. The third-order valence-electron chi connectivity index (χ3n) is 3.18. The monoisotopic (exact) mass is 404 g/mol. The van der Waals surface area contributed by atoms with Crippen LogP contribution in [0, 0.1) is 68.0 Å². The maximum absolute atomic E-state index is 9.64. The lowest BCUT2D eigenvalue weighted by Gasteiger charge is -2.07. The van der Waals surface area contributed by atoms with Crippen LogP contribution in [-0.2, 0) is 0 Å². The number of nitriles is 6. The molecule has 0 aromatic heterocycles. The predicted octanol–water partition coefficient (Wildman–Crippen LogP) is 4.34. The van der Waals surface area contributed by atoms with Crippen LogP contribution in [0.4, 0.5) is 0 Å². The molecule has 118 valence electrons. The second-order valence-corrected chi connectivity index (χ2v) is 9.07. The minimum atomic E-state index is -0.0683. The normalized spacial score (nSPS) is 13.2. The second-order valence-electron chi connectivity index (χ2n) is 4.47.